The van der Waals surface area contributed by atoms with Crippen molar-refractivity contribution in [3.8, 4) is 6.07 Å². The molecule has 0 fully saturated rings. The van der Waals surface area contributed by atoms with Gasteiger partial charge in [-0.25, -0.2) is 4.98 Å². The molecule has 0 saturated carbocycles. The van der Waals surface area contributed by atoms with E-state index < -0.39 is 0 Å². The van der Waals surface area contributed by atoms with Crippen LogP contribution >= 0.6 is 22.9 Å². The van der Waals surface area contributed by atoms with Crippen LogP contribution in [0.4, 0.5) is 5.69 Å². The molecule has 0 spiro atoms. The Labute approximate surface area is 109 Å². The number of pyridine rings is 1. The first-order chi connectivity index (χ1) is 8.28. The van der Waals surface area contributed by atoms with Crippen molar-refractivity contribution in [2.24, 2.45) is 0 Å². The lowest BCUT2D eigenvalue weighted by molar-refractivity contribution is 1.04. The number of hydrogen-bond donors (Lipinski definition) is 1. The third kappa shape index (κ3) is 3.45. The van der Waals surface area contributed by atoms with E-state index in [0.717, 1.165) is 23.0 Å². The van der Waals surface area contributed by atoms with Crippen LogP contribution in [0.25, 0.3) is 0 Å². The van der Waals surface area contributed by atoms with E-state index in [1.54, 1.807) is 23.6 Å². The van der Waals surface area contributed by atoms with Crippen LogP contribution in [0, 0.1) is 11.3 Å². The summed E-state index contributed by atoms with van der Waals surface area (Å²) < 4.78 is 0.819. The second kappa shape index (κ2) is 5.67. The Morgan fingerprint density at radius 3 is 2.82 bits per heavy atom. The summed E-state index contributed by atoms with van der Waals surface area (Å²) in [6.45, 7) is 0.824. The molecule has 0 aliphatic rings. The Morgan fingerprint density at radius 2 is 2.24 bits per heavy atom. The summed E-state index contributed by atoms with van der Waals surface area (Å²) in [4.78, 5) is 5.24. The molecule has 0 radical (unpaired) electrons. The lowest BCUT2D eigenvalue weighted by Crippen LogP contribution is -2.04. The first-order valence-electron chi connectivity index (χ1n) is 5.12. The number of halogens is 1. The quantitative estimate of drug-likeness (QED) is 0.921. The molecule has 0 aliphatic carbocycles. The minimum atomic E-state index is 0.431. The molecule has 0 amide bonds. The third-order valence-corrected chi connectivity index (χ3v) is 3.50. The molecular weight excluding hydrogens is 254 g/mol. The molecule has 86 valence electrons. The van der Waals surface area contributed by atoms with Crippen molar-refractivity contribution in [1.29, 1.82) is 5.26 Å². The highest BCUT2D eigenvalue weighted by Gasteiger charge is 1.98. The molecule has 2 heterocycles. The Balaban J connectivity index is 1.84. The van der Waals surface area contributed by atoms with Gasteiger partial charge in [0.05, 0.1) is 16.2 Å². The molecule has 1 N–H and O–H groups in total. The van der Waals surface area contributed by atoms with E-state index in [-0.39, 0.29) is 0 Å². The Kier molecular flexibility index (Phi) is 3.97. The van der Waals surface area contributed by atoms with Crippen LogP contribution in [0.15, 0.2) is 30.5 Å². The lowest BCUT2D eigenvalue weighted by Gasteiger charge is -2.04. The molecule has 2 aromatic heterocycles. The highest BCUT2D eigenvalue weighted by atomic mass is 35.5. The maximum Gasteiger partial charge on any atom is 0.140 e. The van der Waals surface area contributed by atoms with Gasteiger partial charge >= 0.3 is 0 Å². The zero-order valence-electron chi connectivity index (χ0n) is 8.98. The molecule has 0 aliphatic heterocycles. The van der Waals surface area contributed by atoms with Gasteiger partial charge in [0.2, 0.25) is 0 Å². The Hall–Kier alpha value is -1.57. The van der Waals surface area contributed by atoms with Gasteiger partial charge in [0, 0.05) is 11.4 Å². The van der Waals surface area contributed by atoms with E-state index in [0.29, 0.717) is 5.69 Å². The molecule has 0 unspecified atom stereocenters. The lowest BCUT2D eigenvalue weighted by atomic mass is 10.3. The van der Waals surface area contributed by atoms with Crippen LogP contribution in [0.5, 0.6) is 0 Å². The molecule has 0 bridgehead atoms. The Morgan fingerprint density at radius 1 is 1.35 bits per heavy atom. The summed E-state index contributed by atoms with van der Waals surface area (Å²) >= 11 is 7.44. The number of aromatic nitrogens is 1. The summed E-state index contributed by atoms with van der Waals surface area (Å²) in [5.74, 6) is 0. The number of nitrogens with zero attached hydrogens (tertiary/aromatic N) is 2. The predicted molar refractivity (Wildman–Crippen MR) is 70.5 cm³/mol. The summed E-state index contributed by atoms with van der Waals surface area (Å²) in [6, 6.07) is 9.48. The van der Waals surface area contributed by atoms with Gasteiger partial charge < -0.3 is 5.32 Å². The topological polar surface area (TPSA) is 48.7 Å². The van der Waals surface area contributed by atoms with Crippen LogP contribution in [-0.4, -0.2) is 11.5 Å². The number of anilines is 1. The zero-order chi connectivity index (χ0) is 12.1. The highest BCUT2D eigenvalue weighted by Crippen LogP contribution is 2.21. The first kappa shape index (κ1) is 11.9. The minimum Gasteiger partial charge on any atom is -0.383 e. The number of hydrogen-bond acceptors (Lipinski definition) is 4. The molecule has 2 aromatic rings. The maximum atomic E-state index is 8.61. The molecule has 0 aromatic carbocycles. The molecule has 17 heavy (non-hydrogen) atoms. The third-order valence-electron chi connectivity index (χ3n) is 2.21. The van der Waals surface area contributed by atoms with Gasteiger partial charge in [0.1, 0.15) is 11.8 Å². The number of rotatable bonds is 4. The van der Waals surface area contributed by atoms with Crippen molar-refractivity contribution in [2.45, 2.75) is 6.42 Å². The number of nitriles is 1. The average Bonchev–Trinajstić information content (AvgIpc) is 2.76. The SMILES string of the molecule is N#Cc1ccc(NCCc2ccc(Cl)s2)cn1. The van der Waals surface area contributed by atoms with Crippen molar-refractivity contribution < 1.29 is 0 Å². The van der Waals surface area contributed by atoms with Crippen LogP contribution in [-0.2, 0) is 6.42 Å². The number of nitrogens with one attached hydrogen (secondary N) is 1. The molecule has 3 nitrogen and oxygen atoms in total. The standard InChI is InChI=1S/C12H10ClN3S/c13-12-4-3-11(17-12)5-6-15-10-2-1-9(7-14)16-8-10/h1-4,8,15H,5-6H2. The van der Waals surface area contributed by atoms with E-state index in [1.807, 2.05) is 24.3 Å². The second-order valence-corrected chi connectivity index (χ2v) is 5.23. The van der Waals surface area contributed by atoms with Gasteiger partial charge in [-0.1, -0.05) is 11.6 Å². The van der Waals surface area contributed by atoms with Crippen molar-refractivity contribution in [3.63, 3.8) is 0 Å². The van der Waals surface area contributed by atoms with E-state index >= 15 is 0 Å². The van der Waals surface area contributed by atoms with Gasteiger partial charge in [-0.2, -0.15) is 5.26 Å². The first-order valence-corrected chi connectivity index (χ1v) is 6.31. The van der Waals surface area contributed by atoms with Crippen molar-refractivity contribution in [1.82, 2.24) is 4.98 Å². The van der Waals surface area contributed by atoms with Crippen LogP contribution in [0.1, 0.15) is 10.6 Å². The van der Waals surface area contributed by atoms with E-state index in [4.69, 9.17) is 16.9 Å². The average molecular weight is 264 g/mol. The fourth-order valence-electron chi connectivity index (χ4n) is 1.38. The van der Waals surface area contributed by atoms with Gasteiger partial charge in [0.15, 0.2) is 0 Å². The van der Waals surface area contributed by atoms with E-state index in [2.05, 4.69) is 10.3 Å². The summed E-state index contributed by atoms with van der Waals surface area (Å²) in [6.07, 6.45) is 2.59. The normalized spacial score (nSPS) is 9.88. The molecule has 2 rings (SSSR count). The van der Waals surface area contributed by atoms with Gasteiger partial charge in [-0.05, 0) is 30.7 Å². The molecule has 0 atom stereocenters. The minimum absolute atomic E-state index is 0.431. The summed E-state index contributed by atoms with van der Waals surface area (Å²) in [5, 5.41) is 11.9. The van der Waals surface area contributed by atoms with E-state index in [9.17, 15) is 0 Å². The summed E-state index contributed by atoms with van der Waals surface area (Å²) in [7, 11) is 0. The van der Waals surface area contributed by atoms with Gasteiger partial charge in [0.25, 0.3) is 0 Å². The molecular formula is C12H10ClN3S. The van der Waals surface area contributed by atoms with Crippen molar-refractivity contribution in [2.75, 3.05) is 11.9 Å². The second-order valence-electron chi connectivity index (χ2n) is 3.43. The zero-order valence-corrected chi connectivity index (χ0v) is 10.6. The molecule has 5 heteroatoms. The fraction of sp³-hybridized carbons (Fsp3) is 0.167. The largest absolute Gasteiger partial charge is 0.383 e. The number of thiophene rings is 1. The van der Waals surface area contributed by atoms with Crippen LogP contribution in [0.2, 0.25) is 4.34 Å². The van der Waals surface area contributed by atoms with Gasteiger partial charge in [-0.3, -0.25) is 0 Å². The predicted octanol–water partition coefficient (Wildman–Crippen LogP) is 3.32. The summed E-state index contributed by atoms with van der Waals surface area (Å²) in [5.41, 5.74) is 1.35. The Bertz CT molecular complexity index is 527. The van der Waals surface area contributed by atoms with Crippen LogP contribution < -0.4 is 5.32 Å². The van der Waals surface area contributed by atoms with Gasteiger partial charge in [-0.15, -0.1) is 11.3 Å². The van der Waals surface area contributed by atoms with E-state index in [1.165, 1.54) is 4.88 Å². The van der Waals surface area contributed by atoms with Crippen molar-refractivity contribution in [3.05, 3.63) is 45.4 Å². The van der Waals surface area contributed by atoms with Crippen molar-refractivity contribution >= 4 is 28.6 Å². The molecule has 0 saturated heterocycles. The fourth-order valence-corrected chi connectivity index (χ4v) is 2.47. The highest BCUT2D eigenvalue weighted by molar-refractivity contribution is 7.16. The maximum absolute atomic E-state index is 8.61. The monoisotopic (exact) mass is 263 g/mol. The van der Waals surface area contributed by atoms with Crippen LogP contribution in [0.3, 0.4) is 0 Å². The smallest absolute Gasteiger partial charge is 0.140 e.